The molecule has 0 radical (unpaired) electrons. The van der Waals surface area contributed by atoms with Crippen LogP contribution in [0.1, 0.15) is 58.0 Å². The number of nitrogens with zero attached hydrogens (tertiary/aromatic N) is 1. The third-order valence-electron chi connectivity index (χ3n) is 3.61. The maximum absolute atomic E-state index is 3.70. The van der Waals surface area contributed by atoms with E-state index >= 15 is 0 Å². The van der Waals surface area contributed by atoms with Crippen LogP contribution in [0.2, 0.25) is 0 Å². The van der Waals surface area contributed by atoms with E-state index in [1.54, 1.807) is 0 Å². The number of hydrogen-bond acceptors (Lipinski definition) is 1. The highest BCUT2D eigenvalue weighted by molar-refractivity contribution is 5.26. The minimum Gasteiger partial charge on any atom is -0.352 e. The van der Waals surface area contributed by atoms with Gasteiger partial charge in [-0.3, -0.25) is 0 Å². The van der Waals surface area contributed by atoms with E-state index in [0.29, 0.717) is 5.41 Å². The van der Waals surface area contributed by atoms with E-state index in [0.717, 1.165) is 6.54 Å². The molecule has 0 amide bonds. The summed E-state index contributed by atoms with van der Waals surface area (Å²) in [5.74, 6) is 0. The standard InChI is InChI=1S/C16H30N2/c1-12-9-14(13(2)18(12)8)10-17-16(6,7)11-15(3,4)5/h9,17H,10-11H2,1-8H3. The first kappa shape index (κ1) is 15.3. The van der Waals surface area contributed by atoms with Gasteiger partial charge in [0.1, 0.15) is 0 Å². The van der Waals surface area contributed by atoms with E-state index in [1.807, 2.05) is 0 Å². The Morgan fingerprint density at radius 3 is 2.06 bits per heavy atom. The molecule has 1 rings (SSSR count). The fraction of sp³-hybridized carbons (Fsp3) is 0.750. The fourth-order valence-corrected chi connectivity index (χ4v) is 2.84. The lowest BCUT2D eigenvalue weighted by molar-refractivity contribution is 0.240. The van der Waals surface area contributed by atoms with Crippen LogP contribution in [0.15, 0.2) is 6.07 Å². The molecule has 2 nitrogen and oxygen atoms in total. The quantitative estimate of drug-likeness (QED) is 0.856. The Morgan fingerprint density at radius 1 is 1.11 bits per heavy atom. The van der Waals surface area contributed by atoms with Crippen molar-refractivity contribution in [3.8, 4) is 0 Å². The molecule has 0 unspecified atom stereocenters. The summed E-state index contributed by atoms with van der Waals surface area (Å²) < 4.78 is 2.26. The average molecular weight is 250 g/mol. The van der Waals surface area contributed by atoms with Crippen LogP contribution in [0.5, 0.6) is 0 Å². The largest absolute Gasteiger partial charge is 0.352 e. The van der Waals surface area contributed by atoms with Crippen LogP contribution in [0.3, 0.4) is 0 Å². The van der Waals surface area contributed by atoms with Gasteiger partial charge in [0.05, 0.1) is 0 Å². The van der Waals surface area contributed by atoms with Crippen molar-refractivity contribution in [2.75, 3.05) is 0 Å². The topological polar surface area (TPSA) is 17.0 Å². The molecule has 0 spiro atoms. The van der Waals surface area contributed by atoms with Crippen molar-refractivity contribution < 1.29 is 0 Å². The Hall–Kier alpha value is -0.760. The van der Waals surface area contributed by atoms with E-state index < -0.39 is 0 Å². The van der Waals surface area contributed by atoms with Gasteiger partial charge in [-0.15, -0.1) is 0 Å². The van der Waals surface area contributed by atoms with Crippen molar-refractivity contribution in [2.24, 2.45) is 12.5 Å². The molecule has 0 bridgehead atoms. The summed E-state index contributed by atoms with van der Waals surface area (Å²) in [5.41, 5.74) is 4.65. The first-order valence-corrected chi connectivity index (χ1v) is 6.89. The highest BCUT2D eigenvalue weighted by Crippen LogP contribution is 2.27. The van der Waals surface area contributed by atoms with Gasteiger partial charge in [0.15, 0.2) is 0 Å². The van der Waals surface area contributed by atoms with Gasteiger partial charge in [-0.2, -0.15) is 0 Å². The zero-order valence-electron chi connectivity index (χ0n) is 13.4. The summed E-state index contributed by atoms with van der Waals surface area (Å²) in [6.07, 6.45) is 1.17. The van der Waals surface area contributed by atoms with Gasteiger partial charge in [0, 0.05) is 30.5 Å². The zero-order valence-corrected chi connectivity index (χ0v) is 13.4. The Bertz CT molecular complexity index is 405. The lowest BCUT2D eigenvalue weighted by atomic mass is 9.82. The molecule has 18 heavy (non-hydrogen) atoms. The van der Waals surface area contributed by atoms with Crippen LogP contribution < -0.4 is 5.32 Å². The number of aryl methyl sites for hydroxylation is 1. The SMILES string of the molecule is Cc1cc(CNC(C)(C)CC(C)(C)C)c(C)n1C. The Kier molecular flexibility index (Phi) is 4.32. The highest BCUT2D eigenvalue weighted by Gasteiger charge is 2.25. The van der Waals surface area contributed by atoms with E-state index in [4.69, 9.17) is 0 Å². The molecule has 0 saturated carbocycles. The molecule has 2 heteroatoms. The van der Waals surface area contributed by atoms with Crippen LogP contribution in [0.25, 0.3) is 0 Å². The van der Waals surface area contributed by atoms with Crippen molar-refractivity contribution in [2.45, 2.75) is 67.0 Å². The molecule has 0 aliphatic rings. The van der Waals surface area contributed by atoms with Gasteiger partial charge < -0.3 is 9.88 Å². The third-order valence-corrected chi connectivity index (χ3v) is 3.61. The first-order chi connectivity index (χ1) is 8.02. The van der Waals surface area contributed by atoms with E-state index in [1.165, 1.54) is 23.4 Å². The molecular weight excluding hydrogens is 220 g/mol. The summed E-state index contributed by atoms with van der Waals surface area (Å²) in [6, 6.07) is 2.29. The molecule has 0 fully saturated rings. The van der Waals surface area contributed by atoms with Crippen molar-refractivity contribution in [1.82, 2.24) is 9.88 Å². The predicted molar refractivity (Wildman–Crippen MR) is 79.9 cm³/mol. The molecule has 0 aliphatic carbocycles. The van der Waals surface area contributed by atoms with Gasteiger partial charge in [-0.25, -0.2) is 0 Å². The average Bonchev–Trinajstić information content (AvgIpc) is 2.39. The van der Waals surface area contributed by atoms with Gasteiger partial charge in [-0.1, -0.05) is 20.8 Å². The molecule has 1 N–H and O–H groups in total. The van der Waals surface area contributed by atoms with E-state index in [-0.39, 0.29) is 5.54 Å². The third kappa shape index (κ3) is 4.16. The second kappa shape index (κ2) is 5.08. The summed E-state index contributed by atoms with van der Waals surface area (Å²) in [4.78, 5) is 0. The Morgan fingerprint density at radius 2 is 1.67 bits per heavy atom. The van der Waals surface area contributed by atoms with Gasteiger partial charge in [0.25, 0.3) is 0 Å². The van der Waals surface area contributed by atoms with Gasteiger partial charge >= 0.3 is 0 Å². The molecular formula is C16H30N2. The van der Waals surface area contributed by atoms with Crippen LogP contribution in [0.4, 0.5) is 0 Å². The smallest absolute Gasteiger partial charge is 0.0228 e. The summed E-state index contributed by atoms with van der Waals surface area (Å²) in [5, 5.41) is 3.70. The second-order valence-electron chi connectivity index (χ2n) is 7.43. The lowest BCUT2D eigenvalue weighted by Gasteiger charge is -2.33. The van der Waals surface area contributed by atoms with Gasteiger partial charge in [0.2, 0.25) is 0 Å². The molecule has 0 aliphatic heterocycles. The number of nitrogens with one attached hydrogen (secondary N) is 1. The maximum atomic E-state index is 3.70. The molecule has 0 aromatic carbocycles. The molecule has 0 atom stereocenters. The summed E-state index contributed by atoms with van der Waals surface area (Å²) in [6.45, 7) is 16.8. The molecule has 104 valence electrons. The molecule has 1 aromatic heterocycles. The highest BCUT2D eigenvalue weighted by atomic mass is 15.0. The molecule has 1 aromatic rings. The molecule has 0 saturated heterocycles. The zero-order chi connectivity index (χ0) is 14.1. The Labute approximate surface area is 113 Å². The summed E-state index contributed by atoms with van der Waals surface area (Å²) in [7, 11) is 2.13. The lowest BCUT2D eigenvalue weighted by Crippen LogP contribution is -2.41. The molecule has 1 heterocycles. The number of aromatic nitrogens is 1. The number of rotatable bonds is 4. The van der Waals surface area contributed by atoms with E-state index in [9.17, 15) is 0 Å². The minimum atomic E-state index is 0.175. The fourth-order valence-electron chi connectivity index (χ4n) is 2.84. The summed E-state index contributed by atoms with van der Waals surface area (Å²) >= 11 is 0. The van der Waals surface area contributed by atoms with Crippen LogP contribution >= 0.6 is 0 Å². The predicted octanol–water partition coefficient (Wildman–Crippen LogP) is 3.95. The van der Waals surface area contributed by atoms with Crippen molar-refractivity contribution in [1.29, 1.82) is 0 Å². The van der Waals surface area contributed by atoms with Crippen LogP contribution in [-0.2, 0) is 13.6 Å². The second-order valence-corrected chi connectivity index (χ2v) is 7.43. The van der Waals surface area contributed by atoms with Crippen molar-refractivity contribution >= 4 is 0 Å². The minimum absolute atomic E-state index is 0.175. The normalized spacial score (nSPS) is 13.1. The Balaban J connectivity index is 2.67. The maximum Gasteiger partial charge on any atom is 0.0228 e. The van der Waals surface area contributed by atoms with Gasteiger partial charge in [-0.05, 0) is 51.2 Å². The van der Waals surface area contributed by atoms with Crippen LogP contribution in [-0.4, -0.2) is 10.1 Å². The van der Waals surface area contributed by atoms with Crippen molar-refractivity contribution in [3.05, 3.63) is 23.0 Å². The number of hydrogen-bond donors (Lipinski definition) is 1. The van der Waals surface area contributed by atoms with Crippen molar-refractivity contribution in [3.63, 3.8) is 0 Å². The van der Waals surface area contributed by atoms with E-state index in [2.05, 4.69) is 71.5 Å². The van der Waals surface area contributed by atoms with Crippen LogP contribution in [0, 0.1) is 19.3 Å². The first-order valence-electron chi connectivity index (χ1n) is 6.89. The monoisotopic (exact) mass is 250 g/mol.